The van der Waals surface area contributed by atoms with Crippen molar-refractivity contribution in [3.63, 3.8) is 0 Å². The molecule has 16 heavy (non-hydrogen) atoms. The highest BCUT2D eigenvalue weighted by Gasteiger charge is 2.28. The quantitative estimate of drug-likeness (QED) is 0.706. The molecule has 0 fully saturated rings. The van der Waals surface area contributed by atoms with Gasteiger partial charge in [-0.15, -0.1) is 11.3 Å². The average molecular weight is 244 g/mol. The van der Waals surface area contributed by atoms with Gasteiger partial charge in [-0.1, -0.05) is 0 Å². The Morgan fingerprint density at radius 2 is 2.38 bits per heavy atom. The summed E-state index contributed by atoms with van der Waals surface area (Å²) in [5, 5.41) is 6.47. The molecule has 0 aliphatic heterocycles. The lowest BCUT2D eigenvalue weighted by Gasteiger charge is -2.28. The van der Waals surface area contributed by atoms with Gasteiger partial charge in [0.15, 0.2) is 0 Å². The van der Waals surface area contributed by atoms with Crippen molar-refractivity contribution >= 4 is 11.3 Å². The van der Waals surface area contributed by atoms with E-state index in [1.807, 2.05) is 18.5 Å². The number of thiazole rings is 1. The minimum Gasteiger partial charge on any atom is -0.383 e. The zero-order valence-electron chi connectivity index (χ0n) is 10.2. The number of ether oxygens (including phenoxy) is 2. The molecule has 92 valence electrons. The van der Waals surface area contributed by atoms with Gasteiger partial charge in [0.1, 0.15) is 5.01 Å². The van der Waals surface area contributed by atoms with E-state index in [-0.39, 0.29) is 5.54 Å². The fraction of sp³-hybridized carbons (Fsp3) is 0.727. The zero-order chi connectivity index (χ0) is 11.9. The molecular formula is C11H20N2O2S. The zero-order valence-corrected chi connectivity index (χ0v) is 11.0. The largest absolute Gasteiger partial charge is 0.383 e. The Bertz CT molecular complexity index is 280. The van der Waals surface area contributed by atoms with Gasteiger partial charge in [-0.3, -0.25) is 0 Å². The molecule has 1 atom stereocenters. The third kappa shape index (κ3) is 3.83. The minimum atomic E-state index is -0.220. The van der Waals surface area contributed by atoms with Crippen LogP contribution in [0.1, 0.15) is 18.9 Å². The van der Waals surface area contributed by atoms with Crippen molar-refractivity contribution in [2.45, 2.75) is 19.4 Å². The summed E-state index contributed by atoms with van der Waals surface area (Å²) < 4.78 is 10.6. The van der Waals surface area contributed by atoms with Gasteiger partial charge >= 0.3 is 0 Å². The molecular weight excluding hydrogens is 224 g/mol. The minimum absolute atomic E-state index is 0.220. The first-order valence-corrected chi connectivity index (χ1v) is 6.32. The summed E-state index contributed by atoms with van der Waals surface area (Å²) >= 11 is 1.64. The highest BCUT2D eigenvalue weighted by atomic mass is 32.1. The van der Waals surface area contributed by atoms with Crippen LogP contribution in [-0.2, 0) is 15.0 Å². The van der Waals surface area contributed by atoms with Crippen molar-refractivity contribution in [3.8, 4) is 0 Å². The van der Waals surface area contributed by atoms with Crippen molar-refractivity contribution in [1.82, 2.24) is 10.3 Å². The summed E-state index contributed by atoms with van der Waals surface area (Å²) in [7, 11) is 1.70. The molecule has 0 radical (unpaired) electrons. The van der Waals surface area contributed by atoms with Gasteiger partial charge in [0.2, 0.25) is 0 Å². The molecule has 4 nitrogen and oxygen atoms in total. The summed E-state index contributed by atoms with van der Waals surface area (Å²) in [4.78, 5) is 4.36. The molecule has 1 aromatic heterocycles. The van der Waals surface area contributed by atoms with Crippen LogP contribution in [0.2, 0.25) is 0 Å². The highest BCUT2D eigenvalue weighted by Crippen LogP contribution is 2.23. The molecule has 0 aromatic carbocycles. The van der Waals surface area contributed by atoms with E-state index in [0.29, 0.717) is 19.8 Å². The molecule has 1 rings (SSSR count). The molecule has 1 unspecified atom stereocenters. The topological polar surface area (TPSA) is 43.4 Å². The molecule has 5 heteroatoms. The van der Waals surface area contributed by atoms with Crippen LogP contribution in [-0.4, -0.2) is 38.5 Å². The van der Waals surface area contributed by atoms with Crippen molar-refractivity contribution in [2.75, 3.05) is 33.5 Å². The van der Waals surface area contributed by atoms with Crippen LogP contribution in [0.4, 0.5) is 0 Å². The number of rotatable bonds is 8. The predicted octanol–water partition coefficient (Wildman–Crippen LogP) is 1.63. The Morgan fingerprint density at radius 3 is 2.94 bits per heavy atom. The molecule has 0 amide bonds. The van der Waals surface area contributed by atoms with Gasteiger partial charge in [0.05, 0.1) is 18.8 Å². The van der Waals surface area contributed by atoms with E-state index in [1.165, 1.54) is 0 Å². The molecule has 0 aliphatic rings. The number of methoxy groups -OCH3 is 1. The lowest BCUT2D eigenvalue weighted by atomic mass is 10.1. The molecule has 0 bridgehead atoms. The molecule has 1 aromatic rings. The smallest absolute Gasteiger partial charge is 0.115 e. The third-order valence-electron chi connectivity index (χ3n) is 2.32. The van der Waals surface area contributed by atoms with Gasteiger partial charge < -0.3 is 14.8 Å². The maximum Gasteiger partial charge on any atom is 0.115 e. The van der Waals surface area contributed by atoms with Crippen molar-refractivity contribution < 1.29 is 9.47 Å². The number of nitrogens with one attached hydrogen (secondary N) is 1. The van der Waals surface area contributed by atoms with E-state index in [4.69, 9.17) is 9.47 Å². The van der Waals surface area contributed by atoms with E-state index >= 15 is 0 Å². The Kier molecular flexibility index (Phi) is 5.90. The van der Waals surface area contributed by atoms with E-state index in [1.54, 1.807) is 18.4 Å². The second-order valence-corrected chi connectivity index (χ2v) is 4.62. The molecule has 0 spiro atoms. The summed E-state index contributed by atoms with van der Waals surface area (Å²) in [6, 6.07) is 0. The molecule has 1 N–H and O–H groups in total. The van der Waals surface area contributed by atoms with Crippen LogP contribution in [0.3, 0.4) is 0 Å². The van der Waals surface area contributed by atoms with Crippen LogP contribution in [0.15, 0.2) is 11.6 Å². The van der Waals surface area contributed by atoms with E-state index < -0.39 is 0 Å². The Morgan fingerprint density at radius 1 is 1.56 bits per heavy atom. The van der Waals surface area contributed by atoms with Gasteiger partial charge in [0, 0.05) is 31.8 Å². The van der Waals surface area contributed by atoms with Gasteiger partial charge in [-0.05, 0) is 13.8 Å². The molecule has 1 heterocycles. The molecule has 0 saturated heterocycles. The normalized spacial score (nSPS) is 14.9. The Balaban J connectivity index is 2.60. The highest BCUT2D eigenvalue weighted by molar-refractivity contribution is 7.09. The van der Waals surface area contributed by atoms with Crippen LogP contribution < -0.4 is 5.32 Å². The fourth-order valence-corrected chi connectivity index (χ4v) is 2.18. The Hall–Kier alpha value is -0.490. The van der Waals surface area contributed by atoms with E-state index in [2.05, 4.69) is 17.2 Å². The maximum absolute atomic E-state index is 5.52. The summed E-state index contributed by atoms with van der Waals surface area (Å²) in [5.74, 6) is 0. The lowest BCUT2D eigenvalue weighted by Crippen LogP contribution is -2.45. The van der Waals surface area contributed by atoms with Gasteiger partial charge in [0.25, 0.3) is 0 Å². The average Bonchev–Trinajstić information content (AvgIpc) is 2.81. The predicted molar refractivity (Wildman–Crippen MR) is 65.8 cm³/mol. The third-order valence-corrected chi connectivity index (χ3v) is 3.36. The van der Waals surface area contributed by atoms with Crippen molar-refractivity contribution in [1.29, 1.82) is 0 Å². The number of hydrogen-bond donors (Lipinski definition) is 1. The SMILES string of the molecule is CCOCC(C)(NCCOC)c1nccs1. The van der Waals surface area contributed by atoms with Gasteiger partial charge in [-0.25, -0.2) is 4.98 Å². The van der Waals surface area contributed by atoms with Crippen molar-refractivity contribution in [3.05, 3.63) is 16.6 Å². The summed E-state index contributed by atoms with van der Waals surface area (Å²) in [6.07, 6.45) is 1.82. The number of hydrogen-bond acceptors (Lipinski definition) is 5. The van der Waals surface area contributed by atoms with Crippen LogP contribution in [0, 0.1) is 0 Å². The summed E-state index contributed by atoms with van der Waals surface area (Å²) in [5.41, 5.74) is -0.220. The molecule has 0 saturated carbocycles. The number of aromatic nitrogens is 1. The van der Waals surface area contributed by atoms with Crippen LogP contribution in [0.25, 0.3) is 0 Å². The monoisotopic (exact) mass is 244 g/mol. The fourth-order valence-electron chi connectivity index (χ4n) is 1.42. The van der Waals surface area contributed by atoms with E-state index in [9.17, 15) is 0 Å². The maximum atomic E-state index is 5.52. The standard InChI is InChI=1S/C11H20N2O2S/c1-4-15-9-11(2,13-5-7-14-3)10-12-6-8-16-10/h6,8,13H,4-5,7,9H2,1-3H3. The Labute approximate surface area is 101 Å². The second kappa shape index (κ2) is 6.96. The first-order chi connectivity index (χ1) is 7.73. The summed E-state index contributed by atoms with van der Waals surface area (Å²) in [6.45, 7) is 6.93. The molecule has 0 aliphatic carbocycles. The van der Waals surface area contributed by atoms with Crippen LogP contribution in [0.5, 0.6) is 0 Å². The lowest BCUT2D eigenvalue weighted by molar-refractivity contribution is 0.0777. The number of nitrogens with zero attached hydrogens (tertiary/aromatic N) is 1. The first-order valence-electron chi connectivity index (χ1n) is 5.44. The van der Waals surface area contributed by atoms with Gasteiger partial charge in [-0.2, -0.15) is 0 Å². The van der Waals surface area contributed by atoms with Crippen LogP contribution >= 0.6 is 11.3 Å². The van der Waals surface area contributed by atoms with Crippen molar-refractivity contribution in [2.24, 2.45) is 0 Å². The van der Waals surface area contributed by atoms with E-state index in [0.717, 1.165) is 11.6 Å². The second-order valence-electron chi connectivity index (χ2n) is 3.73. The first kappa shape index (κ1) is 13.6.